The summed E-state index contributed by atoms with van der Waals surface area (Å²) in [5.41, 5.74) is 0.670. The molecule has 6 heteroatoms. The fourth-order valence-corrected chi connectivity index (χ4v) is 3.73. The Morgan fingerprint density at radius 2 is 2.10 bits per heavy atom. The Morgan fingerprint density at radius 1 is 1.30 bits per heavy atom. The molecule has 0 spiro atoms. The lowest BCUT2D eigenvalue weighted by Gasteiger charge is -2.14. The second-order valence-electron chi connectivity index (χ2n) is 4.68. The Bertz CT molecular complexity index is 683. The predicted molar refractivity (Wildman–Crippen MR) is 81.5 cm³/mol. The molecule has 1 heterocycles. The molecule has 1 unspecified atom stereocenters. The van der Waals surface area contributed by atoms with E-state index in [0.717, 1.165) is 6.42 Å². The number of hydrogen-bond donors (Lipinski definition) is 1. The molecular formula is C14H17ClN2O2S. The van der Waals surface area contributed by atoms with Crippen molar-refractivity contribution in [2.24, 2.45) is 0 Å². The molecule has 0 radical (unpaired) electrons. The molecule has 0 aliphatic carbocycles. The van der Waals surface area contributed by atoms with Gasteiger partial charge >= 0.3 is 0 Å². The number of pyridine rings is 1. The molecule has 20 heavy (non-hydrogen) atoms. The molecule has 0 saturated carbocycles. The largest absolute Gasteiger partial charge is 0.256 e. The lowest BCUT2D eigenvalue weighted by molar-refractivity contribution is 0.545. The number of hydrogen-bond acceptors (Lipinski definition) is 3. The van der Waals surface area contributed by atoms with Crippen LogP contribution in [0.2, 0.25) is 0 Å². The van der Waals surface area contributed by atoms with Gasteiger partial charge in [0, 0.05) is 23.5 Å². The molecule has 4 nitrogen and oxygen atoms in total. The number of aromatic nitrogens is 1. The van der Waals surface area contributed by atoms with Gasteiger partial charge < -0.3 is 0 Å². The number of rotatable bonds is 6. The van der Waals surface area contributed by atoms with Gasteiger partial charge in [-0.05, 0) is 44.0 Å². The van der Waals surface area contributed by atoms with Crippen molar-refractivity contribution in [3.8, 4) is 0 Å². The minimum atomic E-state index is -3.55. The van der Waals surface area contributed by atoms with E-state index in [1.807, 2.05) is 6.92 Å². The zero-order valence-electron chi connectivity index (χ0n) is 11.2. The molecule has 1 aromatic carbocycles. The van der Waals surface area contributed by atoms with Crippen molar-refractivity contribution < 1.29 is 8.42 Å². The summed E-state index contributed by atoms with van der Waals surface area (Å²) in [5.74, 6) is 0.532. The molecule has 1 aromatic heterocycles. The monoisotopic (exact) mass is 312 g/mol. The second kappa shape index (κ2) is 6.52. The number of halogens is 1. The van der Waals surface area contributed by atoms with E-state index in [2.05, 4.69) is 9.71 Å². The molecule has 1 N–H and O–H groups in total. The maximum absolute atomic E-state index is 12.4. The Hall–Kier alpha value is -1.17. The zero-order chi connectivity index (χ0) is 14.6. The van der Waals surface area contributed by atoms with Crippen LogP contribution in [0.3, 0.4) is 0 Å². The lowest BCUT2D eigenvalue weighted by Crippen LogP contribution is -2.32. The number of fused-ring (bicyclic) bond motifs is 1. The summed E-state index contributed by atoms with van der Waals surface area (Å²) in [6.07, 6.45) is 3.14. The number of nitrogens with one attached hydrogen (secondary N) is 1. The standard InChI is InChI=1S/C14H17ClN2O2S/c1-11(5-3-9-15)17-20(18,19)14-8-2-7-13-12(14)6-4-10-16-13/h2,4,6-8,10-11,17H,3,5,9H2,1H3. The Morgan fingerprint density at radius 3 is 2.85 bits per heavy atom. The average molecular weight is 313 g/mol. The lowest BCUT2D eigenvalue weighted by atomic mass is 10.2. The molecule has 1 atom stereocenters. The van der Waals surface area contributed by atoms with E-state index in [0.29, 0.717) is 23.2 Å². The smallest absolute Gasteiger partial charge is 0.241 e. The van der Waals surface area contributed by atoms with E-state index in [4.69, 9.17) is 11.6 Å². The highest BCUT2D eigenvalue weighted by atomic mass is 35.5. The van der Waals surface area contributed by atoms with Crippen LogP contribution in [-0.2, 0) is 10.0 Å². The first kappa shape index (κ1) is 15.2. The molecule has 0 amide bonds. The van der Waals surface area contributed by atoms with Gasteiger partial charge in [-0.1, -0.05) is 6.07 Å². The third-order valence-electron chi connectivity index (χ3n) is 3.02. The number of nitrogens with zero attached hydrogens (tertiary/aromatic N) is 1. The van der Waals surface area contributed by atoms with Gasteiger partial charge in [0.25, 0.3) is 0 Å². The van der Waals surface area contributed by atoms with E-state index in [-0.39, 0.29) is 10.9 Å². The van der Waals surface area contributed by atoms with Crippen molar-refractivity contribution >= 4 is 32.5 Å². The molecule has 0 aliphatic rings. The average Bonchev–Trinajstić information content (AvgIpc) is 2.44. The van der Waals surface area contributed by atoms with Crippen LogP contribution in [0.15, 0.2) is 41.4 Å². The molecular weight excluding hydrogens is 296 g/mol. The summed E-state index contributed by atoms with van der Waals surface area (Å²) < 4.78 is 27.6. The van der Waals surface area contributed by atoms with Crippen LogP contribution < -0.4 is 4.72 Å². The van der Waals surface area contributed by atoms with Crippen molar-refractivity contribution in [2.45, 2.75) is 30.7 Å². The van der Waals surface area contributed by atoms with Crippen molar-refractivity contribution in [2.75, 3.05) is 5.88 Å². The quantitative estimate of drug-likeness (QED) is 0.834. The van der Waals surface area contributed by atoms with E-state index >= 15 is 0 Å². The Balaban J connectivity index is 2.32. The molecule has 2 aromatic rings. The summed E-state index contributed by atoms with van der Waals surface area (Å²) in [6.45, 7) is 1.84. The molecule has 0 saturated heterocycles. The summed E-state index contributed by atoms with van der Waals surface area (Å²) in [5, 5.41) is 0.632. The summed E-state index contributed by atoms with van der Waals surface area (Å²) in [6, 6.07) is 8.45. The van der Waals surface area contributed by atoms with Crippen LogP contribution in [0.25, 0.3) is 10.9 Å². The molecule has 108 valence electrons. The van der Waals surface area contributed by atoms with Gasteiger partial charge in [-0.15, -0.1) is 11.6 Å². The third-order valence-corrected chi connectivity index (χ3v) is 4.94. The van der Waals surface area contributed by atoms with Gasteiger partial charge in [0.1, 0.15) is 0 Å². The van der Waals surface area contributed by atoms with E-state index in [9.17, 15) is 8.42 Å². The van der Waals surface area contributed by atoms with Crippen molar-refractivity contribution in [3.63, 3.8) is 0 Å². The minimum absolute atomic E-state index is 0.148. The normalized spacial score (nSPS) is 13.5. The third kappa shape index (κ3) is 3.48. The minimum Gasteiger partial charge on any atom is -0.256 e. The first-order valence-electron chi connectivity index (χ1n) is 6.46. The Kier molecular flexibility index (Phi) is 4.96. The first-order valence-corrected chi connectivity index (χ1v) is 8.48. The van der Waals surface area contributed by atoms with Crippen molar-refractivity contribution in [1.82, 2.24) is 9.71 Å². The van der Waals surface area contributed by atoms with Crippen LogP contribution >= 0.6 is 11.6 Å². The van der Waals surface area contributed by atoms with Gasteiger partial charge in [-0.2, -0.15) is 0 Å². The maximum Gasteiger partial charge on any atom is 0.241 e. The molecule has 0 aliphatic heterocycles. The van der Waals surface area contributed by atoms with E-state index in [1.165, 1.54) is 0 Å². The summed E-state index contributed by atoms with van der Waals surface area (Å²) in [7, 11) is -3.55. The highest BCUT2D eigenvalue weighted by Gasteiger charge is 2.19. The van der Waals surface area contributed by atoms with Crippen LogP contribution in [0, 0.1) is 0 Å². The molecule has 0 fully saturated rings. The van der Waals surface area contributed by atoms with Crippen LogP contribution in [0.1, 0.15) is 19.8 Å². The summed E-state index contributed by atoms with van der Waals surface area (Å²) in [4.78, 5) is 4.44. The SMILES string of the molecule is CC(CCCCl)NS(=O)(=O)c1cccc2ncccc12. The fraction of sp³-hybridized carbons (Fsp3) is 0.357. The number of sulfonamides is 1. The first-order chi connectivity index (χ1) is 9.54. The van der Waals surface area contributed by atoms with E-state index < -0.39 is 10.0 Å². The van der Waals surface area contributed by atoms with Crippen LogP contribution in [-0.4, -0.2) is 25.3 Å². The number of alkyl halides is 1. The van der Waals surface area contributed by atoms with Gasteiger partial charge in [0.2, 0.25) is 10.0 Å². The zero-order valence-corrected chi connectivity index (χ0v) is 12.8. The van der Waals surface area contributed by atoms with Crippen LogP contribution in [0.4, 0.5) is 0 Å². The van der Waals surface area contributed by atoms with E-state index in [1.54, 1.807) is 36.5 Å². The topological polar surface area (TPSA) is 59.1 Å². The predicted octanol–water partition coefficient (Wildman–Crippen LogP) is 2.92. The molecule has 0 bridgehead atoms. The van der Waals surface area contributed by atoms with Crippen LogP contribution in [0.5, 0.6) is 0 Å². The highest BCUT2D eigenvalue weighted by molar-refractivity contribution is 7.89. The number of benzene rings is 1. The Labute approximate surface area is 124 Å². The van der Waals surface area contributed by atoms with Gasteiger partial charge in [0.15, 0.2) is 0 Å². The van der Waals surface area contributed by atoms with Gasteiger partial charge in [0.05, 0.1) is 10.4 Å². The molecule has 2 rings (SSSR count). The maximum atomic E-state index is 12.4. The van der Waals surface area contributed by atoms with Gasteiger partial charge in [-0.3, -0.25) is 4.98 Å². The highest BCUT2D eigenvalue weighted by Crippen LogP contribution is 2.21. The van der Waals surface area contributed by atoms with Crippen molar-refractivity contribution in [3.05, 3.63) is 36.5 Å². The van der Waals surface area contributed by atoms with Gasteiger partial charge in [-0.25, -0.2) is 13.1 Å². The summed E-state index contributed by atoms with van der Waals surface area (Å²) >= 11 is 5.63. The van der Waals surface area contributed by atoms with Crippen molar-refractivity contribution in [1.29, 1.82) is 0 Å². The fourth-order valence-electron chi connectivity index (χ4n) is 2.08. The second-order valence-corrected chi connectivity index (χ2v) is 6.74.